The normalized spacial score (nSPS) is 13.2. The minimum Gasteiger partial charge on any atom is -0.352 e. The summed E-state index contributed by atoms with van der Waals surface area (Å²) in [6, 6.07) is 5.26. The molecule has 1 aromatic heterocycles. The fourth-order valence-corrected chi connectivity index (χ4v) is 2.76. The summed E-state index contributed by atoms with van der Waals surface area (Å²) in [5.74, 6) is -0.429. The van der Waals surface area contributed by atoms with Crippen molar-refractivity contribution in [3.05, 3.63) is 46.3 Å². The smallest absolute Gasteiger partial charge is 0.276 e. The Labute approximate surface area is 140 Å². The molecule has 7 nitrogen and oxygen atoms in total. The van der Waals surface area contributed by atoms with E-state index in [9.17, 15) is 9.59 Å². The summed E-state index contributed by atoms with van der Waals surface area (Å²) in [6.07, 6.45) is 0.835. The lowest BCUT2D eigenvalue weighted by molar-refractivity contribution is 0.0954. The molecule has 0 aliphatic carbocycles. The number of H-pyrrole nitrogens is 1. The van der Waals surface area contributed by atoms with Crippen LogP contribution in [0.2, 0.25) is 0 Å². The van der Waals surface area contributed by atoms with E-state index in [1.54, 1.807) is 12.1 Å². The molecule has 1 aliphatic rings. The second-order valence-electron chi connectivity index (χ2n) is 5.80. The van der Waals surface area contributed by atoms with E-state index in [0.29, 0.717) is 30.0 Å². The number of carbonyl (C=O) groups excluding carboxylic acids is 2. The van der Waals surface area contributed by atoms with Gasteiger partial charge in [-0.3, -0.25) is 14.7 Å². The summed E-state index contributed by atoms with van der Waals surface area (Å²) < 4.78 is 0. The van der Waals surface area contributed by atoms with Gasteiger partial charge in [0.05, 0.1) is 0 Å². The Morgan fingerprint density at radius 2 is 2.12 bits per heavy atom. The summed E-state index contributed by atoms with van der Waals surface area (Å²) in [7, 11) is 0. The Hall–Kier alpha value is -2.67. The van der Waals surface area contributed by atoms with Crippen molar-refractivity contribution in [3.63, 3.8) is 0 Å². The molecule has 0 bridgehead atoms. The monoisotopic (exact) mass is 327 g/mol. The Bertz CT molecular complexity index is 781. The van der Waals surface area contributed by atoms with Crippen LogP contribution in [0.1, 0.15) is 44.6 Å². The van der Waals surface area contributed by atoms with Gasteiger partial charge in [-0.25, -0.2) is 0 Å². The number of aromatic amines is 1. The number of amides is 2. The number of aromatic nitrogens is 2. The van der Waals surface area contributed by atoms with E-state index in [1.807, 2.05) is 19.9 Å². The number of nitrogens with zero attached hydrogens (tertiary/aromatic N) is 1. The minimum absolute atomic E-state index is 0.158. The summed E-state index contributed by atoms with van der Waals surface area (Å²) in [5, 5.41) is 16.0. The van der Waals surface area contributed by atoms with Gasteiger partial charge < -0.3 is 16.0 Å². The first-order valence-corrected chi connectivity index (χ1v) is 8.07. The number of carbonyl (C=O) groups is 2. The van der Waals surface area contributed by atoms with Crippen LogP contribution in [-0.2, 0) is 13.0 Å². The molecular weight excluding hydrogens is 306 g/mol. The standard InChI is InChI=1S/C17H21N5O2/c1-3-19-16(23)11-5-4-10(2)14(8-11)20-17(24)15-12-9-18-7-6-13(12)21-22-15/h4-5,8,18H,3,6-7,9H2,1-2H3,(H,19,23)(H,20,24)(H,21,22). The van der Waals surface area contributed by atoms with Crippen LogP contribution in [-0.4, -0.2) is 35.1 Å². The SMILES string of the molecule is CCNC(=O)c1ccc(C)c(NC(=O)c2n[nH]c3c2CNCC3)c1. The summed E-state index contributed by atoms with van der Waals surface area (Å²) >= 11 is 0. The first-order chi connectivity index (χ1) is 11.6. The van der Waals surface area contributed by atoms with Gasteiger partial charge in [0.2, 0.25) is 0 Å². The van der Waals surface area contributed by atoms with Crippen molar-refractivity contribution in [2.75, 3.05) is 18.4 Å². The Morgan fingerprint density at radius 1 is 1.29 bits per heavy atom. The lowest BCUT2D eigenvalue weighted by atomic mass is 10.1. The third-order valence-corrected chi connectivity index (χ3v) is 4.11. The molecule has 1 aromatic carbocycles. The predicted octanol–water partition coefficient (Wildman–Crippen LogP) is 1.37. The Balaban J connectivity index is 1.83. The molecule has 2 amide bonds. The maximum absolute atomic E-state index is 12.6. The molecule has 0 atom stereocenters. The number of rotatable bonds is 4. The summed E-state index contributed by atoms with van der Waals surface area (Å²) in [5.41, 5.74) is 4.34. The molecule has 2 aromatic rings. The minimum atomic E-state index is -0.271. The van der Waals surface area contributed by atoms with Gasteiger partial charge in [0.1, 0.15) is 0 Å². The average Bonchev–Trinajstić information content (AvgIpc) is 3.01. The van der Waals surface area contributed by atoms with E-state index >= 15 is 0 Å². The number of nitrogens with one attached hydrogen (secondary N) is 4. The number of hydrogen-bond donors (Lipinski definition) is 4. The van der Waals surface area contributed by atoms with Crippen molar-refractivity contribution in [2.24, 2.45) is 0 Å². The topological polar surface area (TPSA) is 98.9 Å². The molecule has 7 heteroatoms. The number of benzene rings is 1. The van der Waals surface area contributed by atoms with Gasteiger partial charge in [-0.1, -0.05) is 6.07 Å². The maximum atomic E-state index is 12.6. The molecule has 3 rings (SSSR count). The van der Waals surface area contributed by atoms with Gasteiger partial charge in [-0.15, -0.1) is 0 Å². The second kappa shape index (κ2) is 6.84. The Morgan fingerprint density at radius 3 is 2.92 bits per heavy atom. The van der Waals surface area contributed by atoms with Crippen LogP contribution in [0, 0.1) is 6.92 Å². The number of anilines is 1. The maximum Gasteiger partial charge on any atom is 0.276 e. The summed E-state index contributed by atoms with van der Waals surface area (Å²) in [4.78, 5) is 24.5. The van der Waals surface area contributed by atoms with E-state index in [-0.39, 0.29) is 11.8 Å². The molecule has 0 unspecified atom stereocenters. The molecule has 2 heterocycles. The van der Waals surface area contributed by atoms with Gasteiger partial charge in [0.15, 0.2) is 5.69 Å². The third kappa shape index (κ3) is 3.16. The summed E-state index contributed by atoms with van der Waals surface area (Å²) in [6.45, 7) is 5.82. The fourth-order valence-electron chi connectivity index (χ4n) is 2.76. The molecule has 126 valence electrons. The van der Waals surface area contributed by atoms with Crippen molar-refractivity contribution in [1.29, 1.82) is 0 Å². The predicted molar refractivity (Wildman–Crippen MR) is 91.1 cm³/mol. The molecule has 0 fully saturated rings. The molecule has 4 N–H and O–H groups in total. The van der Waals surface area contributed by atoms with Gasteiger partial charge in [0.25, 0.3) is 11.8 Å². The zero-order valence-corrected chi connectivity index (χ0v) is 13.8. The van der Waals surface area contributed by atoms with Gasteiger partial charge >= 0.3 is 0 Å². The molecular formula is C17H21N5O2. The van der Waals surface area contributed by atoms with E-state index in [1.165, 1.54) is 0 Å². The van der Waals surface area contributed by atoms with Crippen molar-refractivity contribution in [3.8, 4) is 0 Å². The van der Waals surface area contributed by atoms with E-state index in [4.69, 9.17) is 0 Å². The van der Waals surface area contributed by atoms with Crippen molar-refractivity contribution < 1.29 is 9.59 Å². The molecule has 0 radical (unpaired) electrons. The fraction of sp³-hybridized carbons (Fsp3) is 0.353. The van der Waals surface area contributed by atoms with Crippen LogP contribution >= 0.6 is 0 Å². The molecule has 24 heavy (non-hydrogen) atoms. The zero-order chi connectivity index (χ0) is 17.1. The third-order valence-electron chi connectivity index (χ3n) is 4.11. The van der Waals surface area contributed by atoms with E-state index < -0.39 is 0 Å². The van der Waals surface area contributed by atoms with Crippen LogP contribution in [0.25, 0.3) is 0 Å². The van der Waals surface area contributed by atoms with Crippen LogP contribution in [0.15, 0.2) is 18.2 Å². The first kappa shape index (κ1) is 16.2. The number of fused-ring (bicyclic) bond motifs is 1. The quantitative estimate of drug-likeness (QED) is 0.681. The number of hydrogen-bond acceptors (Lipinski definition) is 4. The molecule has 0 saturated heterocycles. The van der Waals surface area contributed by atoms with Crippen LogP contribution in [0.4, 0.5) is 5.69 Å². The Kier molecular flexibility index (Phi) is 4.61. The van der Waals surface area contributed by atoms with Gasteiger partial charge in [-0.2, -0.15) is 5.10 Å². The molecule has 0 spiro atoms. The van der Waals surface area contributed by atoms with Crippen LogP contribution in [0.5, 0.6) is 0 Å². The average molecular weight is 327 g/mol. The molecule has 1 aliphatic heterocycles. The van der Waals surface area contributed by atoms with Gasteiger partial charge in [-0.05, 0) is 31.5 Å². The lowest BCUT2D eigenvalue weighted by Gasteiger charge is -2.14. The lowest BCUT2D eigenvalue weighted by Crippen LogP contribution is -2.25. The molecule has 0 saturated carbocycles. The van der Waals surface area contributed by atoms with Crippen molar-refractivity contribution in [1.82, 2.24) is 20.8 Å². The highest BCUT2D eigenvalue weighted by molar-refractivity contribution is 6.05. The van der Waals surface area contributed by atoms with E-state index in [0.717, 1.165) is 29.8 Å². The second-order valence-corrected chi connectivity index (χ2v) is 5.80. The highest BCUT2D eigenvalue weighted by Crippen LogP contribution is 2.20. The first-order valence-electron chi connectivity index (χ1n) is 8.07. The van der Waals surface area contributed by atoms with Crippen molar-refractivity contribution >= 4 is 17.5 Å². The zero-order valence-electron chi connectivity index (χ0n) is 13.8. The van der Waals surface area contributed by atoms with Crippen LogP contribution < -0.4 is 16.0 Å². The highest BCUT2D eigenvalue weighted by atomic mass is 16.2. The number of aryl methyl sites for hydroxylation is 1. The van der Waals surface area contributed by atoms with E-state index in [2.05, 4.69) is 26.1 Å². The highest BCUT2D eigenvalue weighted by Gasteiger charge is 2.22. The largest absolute Gasteiger partial charge is 0.352 e. The van der Waals surface area contributed by atoms with Gasteiger partial charge in [0, 0.05) is 48.6 Å². The van der Waals surface area contributed by atoms with Crippen molar-refractivity contribution in [2.45, 2.75) is 26.8 Å². The van der Waals surface area contributed by atoms with Crippen LogP contribution in [0.3, 0.4) is 0 Å².